The lowest BCUT2D eigenvalue weighted by atomic mass is 10.1. The largest absolute Gasteiger partial charge is 0.494 e. The van der Waals surface area contributed by atoms with Crippen LogP contribution in [0.3, 0.4) is 0 Å². The Morgan fingerprint density at radius 2 is 1.72 bits per heavy atom. The van der Waals surface area contributed by atoms with Crippen LogP contribution >= 0.6 is 0 Å². The second kappa shape index (κ2) is 9.56. The number of hydrogen-bond donors (Lipinski definition) is 1. The zero-order valence-electron chi connectivity index (χ0n) is 16.5. The quantitative estimate of drug-likeness (QED) is 0.717. The number of nitrogens with zero attached hydrogens (tertiary/aromatic N) is 3. The van der Waals surface area contributed by atoms with Gasteiger partial charge in [0.2, 0.25) is 0 Å². The van der Waals surface area contributed by atoms with Crippen LogP contribution in [0, 0.1) is 0 Å². The van der Waals surface area contributed by atoms with Gasteiger partial charge in [0.1, 0.15) is 5.75 Å². The molecule has 1 aromatic rings. The smallest absolute Gasteiger partial charge is 0.418 e. The van der Waals surface area contributed by atoms with Crippen molar-refractivity contribution in [2.45, 2.75) is 31.9 Å². The first kappa shape index (κ1) is 21.5. The predicted molar refractivity (Wildman–Crippen MR) is 104 cm³/mol. The summed E-state index contributed by atoms with van der Waals surface area (Å²) in [5.74, 6) is 0.212. The molecule has 0 aromatic heterocycles. The molecule has 2 saturated heterocycles. The van der Waals surface area contributed by atoms with E-state index in [9.17, 15) is 18.0 Å². The molecule has 0 bridgehead atoms. The van der Waals surface area contributed by atoms with Crippen molar-refractivity contribution in [3.8, 4) is 5.75 Å². The highest BCUT2D eigenvalue weighted by atomic mass is 19.4. The fourth-order valence-corrected chi connectivity index (χ4v) is 3.91. The van der Waals surface area contributed by atoms with Gasteiger partial charge in [0, 0.05) is 38.4 Å². The molecule has 0 atom stereocenters. The Hall–Kier alpha value is -2.16. The maximum absolute atomic E-state index is 13.6. The Bertz CT molecular complexity index is 685. The number of amides is 1. The van der Waals surface area contributed by atoms with E-state index in [0.29, 0.717) is 6.61 Å². The van der Waals surface area contributed by atoms with Gasteiger partial charge < -0.3 is 24.5 Å². The third kappa shape index (κ3) is 5.91. The molecular weight excluding hydrogens is 387 g/mol. The fourth-order valence-electron chi connectivity index (χ4n) is 3.91. The Balaban J connectivity index is 1.59. The Kier molecular flexibility index (Phi) is 7.10. The summed E-state index contributed by atoms with van der Waals surface area (Å²) in [6.07, 6.45) is -1.10. The van der Waals surface area contributed by atoms with Crippen LogP contribution in [0.25, 0.3) is 0 Å². The Morgan fingerprint density at radius 3 is 2.34 bits per heavy atom. The van der Waals surface area contributed by atoms with Gasteiger partial charge in [-0.2, -0.15) is 13.2 Å². The van der Waals surface area contributed by atoms with E-state index in [1.54, 1.807) is 11.0 Å². The van der Waals surface area contributed by atoms with Crippen molar-refractivity contribution < 1.29 is 27.8 Å². The predicted octanol–water partition coefficient (Wildman–Crippen LogP) is 3.76. The lowest BCUT2D eigenvalue weighted by molar-refractivity contribution is -0.137. The first-order chi connectivity index (χ1) is 13.8. The summed E-state index contributed by atoms with van der Waals surface area (Å²) < 4.78 is 46.5. The lowest BCUT2D eigenvalue weighted by Crippen LogP contribution is -2.48. The van der Waals surface area contributed by atoms with Crippen molar-refractivity contribution in [2.75, 3.05) is 57.3 Å². The van der Waals surface area contributed by atoms with E-state index in [0.717, 1.165) is 32.1 Å². The first-order valence-corrected chi connectivity index (χ1v) is 10.1. The summed E-state index contributed by atoms with van der Waals surface area (Å²) in [4.78, 5) is 16.2. The molecule has 2 aliphatic rings. The average Bonchev–Trinajstić information content (AvgIpc) is 2.71. The van der Waals surface area contributed by atoms with Crippen molar-refractivity contribution in [3.05, 3.63) is 23.8 Å². The zero-order chi connectivity index (χ0) is 20.9. The molecule has 162 valence electrons. The van der Waals surface area contributed by atoms with E-state index >= 15 is 0 Å². The number of halogens is 3. The van der Waals surface area contributed by atoms with Crippen molar-refractivity contribution in [2.24, 2.45) is 0 Å². The van der Waals surface area contributed by atoms with Crippen molar-refractivity contribution in [1.29, 1.82) is 0 Å². The second-order valence-electron chi connectivity index (χ2n) is 7.54. The van der Waals surface area contributed by atoms with Crippen LogP contribution in [0.4, 0.5) is 23.7 Å². The van der Waals surface area contributed by atoms with E-state index in [1.165, 1.54) is 30.2 Å². The molecule has 1 amide bonds. The normalized spacial score (nSPS) is 18.7. The number of piperidine rings is 1. The first-order valence-electron chi connectivity index (χ1n) is 10.1. The minimum Gasteiger partial charge on any atom is -0.494 e. The summed E-state index contributed by atoms with van der Waals surface area (Å²) in [5.41, 5.74) is -0.669. The molecule has 0 aliphatic carbocycles. The third-order valence-electron chi connectivity index (χ3n) is 5.50. The van der Waals surface area contributed by atoms with E-state index in [2.05, 4.69) is 4.90 Å². The number of carbonyl (C=O) groups is 1. The van der Waals surface area contributed by atoms with Gasteiger partial charge in [-0.25, -0.2) is 4.79 Å². The van der Waals surface area contributed by atoms with E-state index in [4.69, 9.17) is 9.84 Å². The van der Waals surface area contributed by atoms with E-state index < -0.39 is 17.8 Å². The molecule has 2 fully saturated rings. The number of likely N-dealkylation sites (tertiary alicyclic amines) is 1. The molecule has 0 spiro atoms. The Morgan fingerprint density at radius 1 is 1.03 bits per heavy atom. The fraction of sp³-hybridized carbons (Fsp3) is 0.650. The molecule has 29 heavy (non-hydrogen) atoms. The highest BCUT2D eigenvalue weighted by Gasteiger charge is 2.36. The van der Waals surface area contributed by atoms with Gasteiger partial charge in [-0.15, -0.1) is 0 Å². The minimum absolute atomic E-state index is 0.0724. The van der Waals surface area contributed by atoms with Gasteiger partial charge in [-0.1, -0.05) is 6.42 Å². The number of hydrogen-bond acceptors (Lipinski definition) is 4. The third-order valence-corrected chi connectivity index (χ3v) is 5.50. The van der Waals surface area contributed by atoms with Gasteiger partial charge in [0.05, 0.1) is 12.2 Å². The molecule has 0 unspecified atom stereocenters. The maximum atomic E-state index is 13.6. The van der Waals surface area contributed by atoms with Gasteiger partial charge in [0.15, 0.2) is 0 Å². The number of carboxylic acid groups (broad SMARTS) is 1. The van der Waals surface area contributed by atoms with Crippen LogP contribution in [0.1, 0.15) is 31.2 Å². The van der Waals surface area contributed by atoms with Crippen molar-refractivity contribution in [3.63, 3.8) is 0 Å². The summed E-state index contributed by atoms with van der Waals surface area (Å²) in [5, 5.41) is 9.01. The summed E-state index contributed by atoms with van der Waals surface area (Å²) in [7, 11) is 0. The van der Waals surface area contributed by atoms with Gasteiger partial charge >= 0.3 is 12.3 Å². The number of piperazine rings is 1. The van der Waals surface area contributed by atoms with Crippen LogP contribution in [0.5, 0.6) is 5.75 Å². The zero-order valence-corrected chi connectivity index (χ0v) is 16.5. The second-order valence-corrected chi connectivity index (χ2v) is 7.54. The number of anilines is 1. The van der Waals surface area contributed by atoms with Crippen molar-refractivity contribution >= 4 is 11.8 Å². The number of ether oxygens (including phenoxy) is 1. The maximum Gasteiger partial charge on any atom is 0.418 e. The standard InChI is InChI=1S/C20H28F3N3O3/c21-20(22,23)17-15-16(29-14-4-9-24-7-2-1-3-8-24)5-6-18(17)25-10-12-26(13-11-25)19(27)28/h5-6,15H,1-4,7-14H2,(H,27,28). The average molecular weight is 415 g/mol. The molecule has 6 nitrogen and oxygen atoms in total. The lowest BCUT2D eigenvalue weighted by Gasteiger charge is -2.36. The molecule has 0 saturated carbocycles. The molecular formula is C20H28F3N3O3. The van der Waals surface area contributed by atoms with Crippen LogP contribution in [-0.2, 0) is 6.18 Å². The van der Waals surface area contributed by atoms with E-state index in [-0.39, 0.29) is 37.6 Å². The molecule has 3 rings (SSSR count). The van der Waals surface area contributed by atoms with Crippen LogP contribution in [0.2, 0.25) is 0 Å². The summed E-state index contributed by atoms with van der Waals surface area (Å²) >= 11 is 0. The van der Waals surface area contributed by atoms with Crippen LogP contribution in [-0.4, -0.2) is 73.4 Å². The van der Waals surface area contributed by atoms with Gasteiger partial charge in [-0.05, 0) is 50.6 Å². The van der Waals surface area contributed by atoms with E-state index in [1.807, 2.05) is 0 Å². The highest BCUT2D eigenvalue weighted by molar-refractivity contribution is 5.66. The monoisotopic (exact) mass is 415 g/mol. The van der Waals surface area contributed by atoms with Crippen LogP contribution < -0.4 is 9.64 Å². The number of benzene rings is 1. The number of rotatable bonds is 6. The number of alkyl halides is 3. The highest BCUT2D eigenvalue weighted by Crippen LogP contribution is 2.39. The van der Waals surface area contributed by atoms with Gasteiger partial charge in [0.25, 0.3) is 0 Å². The summed E-state index contributed by atoms with van der Waals surface area (Å²) in [6.45, 7) is 4.27. The summed E-state index contributed by atoms with van der Waals surface area (Å²) in [6, 6.07) is 4.05. The van der Waals surface area contributed by atoms with Gasteiger partial charge in [-0.3, -0.25) is 0 Å². The molecule has 1 N–H and O–H groups in total. The molecule has 1 aromatic carbocycles. The SMILES string of the molecule is O=C(O)N1CCN(c2ccc(OCCCN3CCCCC3)cc2C(F)(F)F)CC1. The van der Waals surface area contributed by atoms with Crippen LogP contribution in [0.15, 0.2) is 18.2 Å². The topological polar surface area (TPSA) is 56.3 Å². The molecule has 2 aliphatic heterocycles. The molecule has 0 radical (unpaired) electrons. The minimum atomic E-state index is -4.51. The van der Waals surface area contributed by atoms with Crippen molar-refractivity contribution in [1.82, 2.24) is 9.80 Å². The molecule has 2 heterocycles. The Labute approximate surface area is 168 Å². The molecule has 9 heteroatoms.